The normalized spacial score (nSPS) is 11.5. The van der Waals surface area contributed by atoms with Crippen molar-refractivity contribution in [3.8, 4) is 5.75 Å². The second-order valence-corrected chi connectivity index (χ2v) is 4.68. The lowest BCUT2D eigenvalue weighted by molar-refractivity contribution is -0.141. The molecule has 0 saturated heterocycles. The molecule has 0 heterocycles. The molecule has 6 nitrogen and oxygen atoms in total. The van der Waals surface area contributed by atoms with Crippen LogP contribution in [0.15, 0.2) is 24.3 Å². The number of amides is 2. The van der Waals surface area contributed by atoms with E-state index < -0.39 is 11.9 Å². The van der Waals surface area contributed by atoms with Crippen LogP contribution in [0.2, 0.25) is 0 Å². The van der Waals surface area contributed by atoms with Crippen LogP contribution in [-0.2, 0) is 11.2 Å². The number of carbonyl (C=O) groups is 2. The monoisotopic (exact) mass is 294 g/mol. The number of hydrogen-bond acceptors (Lipinski definition) is 3. The van der Waals surface area contributed by atoms with E-state index in [1.165, 1.54) is 0 Å². The van der Waals surface area contributed by atoms with Gasteiger partial charge in [-0.1, -0.05) is 19.1 Å². The molecule has 0 aliphatic carbocycles. The zero-order valence-corrected chi connectivity index (χ0v) is 12.4. The fraction of sp³-hybridized carbons (Fsp3) is 0.467. The molecule has 21 heavy (non-hydrogen) atoms. The second-order valence-electron chi connectivity index (χ2n) is 4.68. The molecule has 1 aromatic rings. The fourth-order valence-corrected chi connectivity index (χ4v) is 1.80. The van der Waals surface area contributed by atoms with E-state index in [1.807, 2.05) is 24.3 Å². The zero-order chi connectivity index (χ0) is 15.7. The Morgan fingerprint density at radius 1 is 1.24 bits per heavy atom. The lowest BCUT2D eigenvalue weighted by atomic mass is 10.1. The standard InChI is InChI=1S/C15H22N2O4/c1-3-12(14(18)19)10-17-15(20)16-9-8-11-4-6-13(21-2)7-5-11/h4-7,12H,3,8-10H2,1-2H3,(H,18,19)(H2,16,17,20). The maximum absolute atomic E-state index is 11.5. The van der Waals surface area contributed by atoms with Gasteiger partial charge >= 0.3 is 12.0 Å². The molecule has 0 radical (unpaired) electrons. The van der Waals surface area contributed by atoms with E-state index in [2.05, 4.69) is 10.6 Å². The van der Waals surface area contributed by atoms with Crippen LogP contribution >= 0.6 is 0 Å². The molecule has 6 heteroatoms. The molecule has 3 N–H and O–H groups in total. The molecule has 0 aliphatic rings. The zero-order valence-electron chi connectivity index (χ0n) is 12.4. The number of carboxylic acids is 1. The first kappa shape index (κ1) is 16.8. The van der Waals surface area contributed by atoms with Gasteiger partial charge in [0.25, 0.3) is 0 Å². The molecule has 2 amide bonds. The predicted molar refractivity (Wildman–Crippen MR) is 79.5 cm³/mol. The molecule has 0 aromatic heterocycles. The molecular formula is C15H22N2O4. The molecule has 1 unspecified atom stereocenters. The van der Waals surface area contributed by atoms with Gasteiger partial charge in [-0.2, -0.15) is 0 Å². The topological polar surface area (TPSA) is 87.7 Å². The largest absolute Gasteiger partial charge is 0.497 e. The van der Waals surface area contributed by atoms with Crippen LogP contribution in [0.25, 0.3) is 0 Å². The van der Waals surface area contributed by atoms with Crippen molar-refractivity contribution in [1.82, 2.24) is 10.6 Å². The van der Waals surface area contributed by atoms with Gasteiger partial charge in [-0.15, -0.1) is 0 Å². The predicted octanol–water partition coefficient (Wildman–Crippen LogP) is 1.65. The second kappa shape index (κ2) is 8.84. The highest BCUT2D eigenvalue weighted by molar-refractivity contribution is 5.75. The van der Waals surface area contributed by atoms with Crippen molar-refractivity contribution in [2.45, 2.75) is 19.8 Å². The van der Waals surface area contributed by atoms with Crippen LogP contribution < -0.4 is 15.4 Å². The highest BCUT2D eigenvalue weighted by Crippen LogP contribution is 2.11. The Labute approximate surface area is 124 Å². The van der Waals surface area contributed by atoms with Crippen molar-refractivity contribution in [3.05, 3.63) is 29.8 Å². The summed E-state index contributed by atoms with van der Waals surface area (Å²) < 4.78 is 5.07. The smallest absolute Gasteiger partial charge is 0.314 e. The number of urea groups is 1. The number of aliphatic carboxylic acids is 1. The maximum atomic E-state index is 11.5. The number of methoxy groups -OCH3 is 1. The summed E-state index contributed by atoms with van der Waals surface area (Å²) >= 11 is 0. The molecule has 0 bridgehead atoms. The Morgan fingerprint density at radius 3 is 2.43 bits per heavy atom. The lowest BCUT2D eigenvalue weighted by Gasteiger charge is -2.12. The van der Waals surface area contributed by atoms with Crippen LogP contribution in [0.5, 0.6) is 5.75 Å². The van der Waals surface area contributed by atoms with E-state index in [4.69, 9.17) is 9.84 Å². The van der Waals surface area contributed by atoms with Gasteiger partial charge in [-0.25, -0.2) is 4.79 Å². The Kier molecular flexibility index (Phi) is 7.08. The van der Waals surface area contributed by atoms with Gasteiger partial charge < -0.3 is 20.5 Å². The third-order valence-corrected chi connectivity index (χ3v) is 3.21. The maximum Gasteiger partial charge on any atom is 0.314 e. The minimum Gasteiger partial charge on any atom is -0.497 e. The van der Waals surface area contributed by atoms with Crippen LogP contribution in [0.1, 0.15) is 18.9 Å². The van der Waals surface area contributed by atoms with Gasteiger partial charge in [-0.3, -0.25) is 4.79 Å². The lowest BCUT2D eigenvalue weighted by Crippen LogP contribution is -2.40. The highest BCUT2D eigenvalue weighted by atomic mass is 16.5. The van der Waals surface area contributed by atoms with E-state index >= 15 is 0 Å². The molecule has 0 saturated carbocycles. The highest BCUT2D eigenvalue weighted by Gasteiger charge is 2.15. The fourth-order valence-electron chi connectivity index (χ4n) is 1.80. The molecule has 116 valence electrons. The Hall–Kier alpha value is -2.24. The molecule has 0 aliphatic heterocycles. The summed E-state index contributed by atoms with van der Waals surface area (Å²) in [5, 5.41) is 14.1. The summed E-state index contributed by atoms with van der Waals surface area (Å²) in [6.45, 7) is 2.41. The minimum atomic E-state index is -0.893. The number of nitrogens with one attached hydrogen (secondary N) is 2. The van der Waals surface area contributed by atoms with Crippen molar-refractivity contribution in [2.24, 2.45) is 5.92 Å². The van der Waals surface area contributed by atoms with Gasteiger partial charge in [0.15, 0.2) is 0 Å². The summed E-state index contributed by atoms with van der Waals surface area (Å²) in [5.41, 5.74) is 1.09. The average Bonchev–Trinajstić information content (AvgIpc) is 2.48. The number of ether oxygens (including phenoxy) is 1. The van der Waals surface area contributed by atoms with Crippen molar-refractivity contribution >= 4 is 12.0 Å². The number of carbonyl (C=O) groups excluding carboxylic acids is 1. The number of hydrogen-bond donors (Lipinski definition) is 3. The van der Waals surface area contributed by atoms with Gasteiger partial charge in [0.1, 0.15) is 5.75 Å². The minimum absolute atomic E-state index is 0.139. The number of carboxylic acid groups (broad SMARTS) is 1. The first-order valence-corrected chi connectivity index (χ1v) is 6.94. The van der Waals surface area contributed by atoms with E-state index in [1.54, 1.807) is 14.0 Å². The van der Waals surface area contributed by atoms with Gasteiger partial charge in [-0.05, 0) is 30.5 Å². The van der Waals surface area contributed by atoms with E-state index in [0.29, 0.717) is 19.4 Å². The quantitative estimate of drug-likeness (QED) is 0.680. The Balaban J connectivity index is 2.25. The third-order valence-electron chi connectivity index (χ3n) is 3.21. The van der Waals surface area contributed by atoms with Gasteiger partial charge in [0, 0.05) is 13.1 Å². The molecule has 1 aromatic carbocycles. The summed E-state index contributed by atoms with van der Waals surface area (Å²) in [6.07, 6.45) is 1.19. The summed E-state index contributed by atoms with van der Waals surface area (Å²) in [5.74, 6) is -0.642. The van der Waals surface area contributed by atoms with Crippen molar-refractivity contribution in [2.75, 3.05) is 20.2 Å². The first-order chi connectivity index (χ1) is 10.1. The van der Waals surface area contributed by atoms with E-state index in [9.17, 15) is 9.59 Å². The van der Waals surface area contributed by atoms with Crippen LogP contribution in [-0.4, -0.2) is 37.3 Å². The number of rotatable bonds is 8. The van der Waals surface area contributed by atoms with Gasteiger partial charge in [0.05, 0.1) is 13.0 Å². The molecule has 1 atom stereocenters. The van der Waals surface area contributed by atoms with Crippen molar-refractivity contribution in [3.63, 3.8) is 0 Å². The summed E-state index contributed by atoms with van der Waals surface area (Å²) in [4.78, 5) is 22.4. The van der Waals surface area contributed by atoms with Crippen molar-refractivity contribution in [1.29, 1.82) is 0 Å². The summed E-state index contributed by atoms with van der Waals surface area (Å²) in [6, 6.07) is 7.27. The van der Waals surface area contributed by atoms with Crippen LogP contribution in [0.3, 0.4) is 0 Å². The molecule has 0 fully saturated rings. The molecule has 1 rings (SSSR count). The van der Waals surface area contributed by atoms with Crippen LogP contribution in [0, 0.1) is 5.92 Å². The SMILES string of the molecule is CCC(CNC(=O)NCCc1ccc(OC)cc1)C(=O)O. The molecule has 0 spiro atoms. The first-order valence-electron chi connectivity index (χ1n) is 6.94. The Bertz CT molecular complexity index is 459. The average molecular weight is 294 g/mol. The van der Waals surface area contributed by atoms with Crippen molar-refractivity contribution < 1.29 is 19.4 Å². The van der Waals surface area contributed by atoms with Gasteiger partial charge in [0.2, 0.25) is 0 Å². The van der Waals surface area contributed by atoms with Crippen LogP contribution in [0.4, 0.5) is 4.79 Å². The molecular weight excluding hydrogens is 272 g/mol. The van der Waals surface area contributed by atoms with E-state index in [0.717, 1.165) is 11.3 Å². The summed E-state index contributed by atoms with van der Waals surface area (Å²) in [7, 11) is 1.61. The third kappa shape index (κ3) is 6.16. The number of benzene rings is 1. The van der Waals surface area contributed by atoms with E-state index in [-0.39, 0.29) is 12.6 Å². The Morgan fingerprint density at radius 2 is 1.90 bits per heavy atom.